The van der Waals surface area contributed by atoms with E-state index in [1.54, 1.807) is 11.3 Å². The van der Waals surface area contributed by atoms with Crippen LogP contribution < -0.4 is 0 Å². The van der Waals surface area contributed by atoms with Gasteiger partial charge in [-0.1, -0.05) is 60.7 Å². The summed E-state index contributed by atoms with van der Waals surface area (Å²) in [5.41, 5.74) is 2.58. The normalized spacial score (nSPS) is 20.7. The summed E-state index contributed by atoms with van der Waals surface area (Å²) in [6, 6.07) is 25.3. The van der Waals surface area contributed by atoms with Crippen LogP contribution >= 0.6 is 11.3 Å². The Morgan fingerprint density at radius 2 is 1.10 bits per heavy atom. The van der Waals surface area contributed by atoms with Crippen LogP contribution in [0.3, 0.4) is 0 Å². The summed E-state index contributed by atoms with van der Waals surface area (Å²) in [7, 11) is 0. The van der Waals surface area contributed by atoms with Gasteiger partial charge >= 0.3 is 0 Å². The molecular formula is C24H22N2O2S. The second kappa shape index (κ2) is 8.21. The Morgan fingerprint density at radius 3 is 1.55 bits per heavy atom. The van der Waals surface area contributed by atoms with Gasteiger partial charge in [-0.3, -0.25) is 0 Å². The van der Waals surface area contributed by atoms with E-state index >= 15 is 0 Å². The quantitative estimate of drug-likeness (QED) is 0.608. The van der Waals surface area contributed by atoms with Gasteiger partial charge < -0.3 is 9.47 Å². The van der Waals surface area contributed by atoms with Crippen molar-refractivity contribution in [1.82, 2.24) is 0 Å². The highest BCUT2D eigenvalue weighted by Crippen LogP contribution is 2.25. The largest absolute Gasteiger partial charge is 0.475 e. The molecule has 1 aromatic heterocycles. The Balaban J connectivity index is 1.25. The van der Waals surface area contributed by atoms with E-state index in [1.807, 2.05) is 12.1 Å². The van der Waals surface area contributed by atoms with Crippen molar-refractivity contribution >= 4 is 23.1 Å². The number of ether oxygens (including phenoxy) is 2. The van der Waals surface area contributed by atoms with Crippen molar-refractivity contribution in [3.63, 3.8) is 0 Å². The van der Waals surface area contributed by atoms with Crippen molar-refractivity contribution in [1.29, 1.82) is 0 Å². The Kier molecular flexibility index (Phi) is 5.13. The first-order valence-corrected chi connectivity index (χ1v) is 10.7. The Morgan fingerprint density at radius 1 is 0.655 bits per heavy atom. The topological polar surface area (TPSA) is 43.2 Å². The molecule has 2 aromatic carbocycles. The summed E-state index contributed by atoms with van der Waals surface area (Å²) in [5, 5.41) is 0. The lowest BCUT2D eigenvalue weighted by atomic mass is 10.1. The molecule has 146 valence electrons. The zero-order valence-electron chi connectivity index (χ0n) is 16.0. The van der Waals surface area contributed by atoms with Crippen LogP contribution in [0.4, 0.5) is 0 Å². The standard InChI is InChI=1S/C24H22N2O2S/c1-3-7-17(8-4-1)13-19-15-27-23(25-19)21-11-12-22(29-21)24-26-20(16-28-24)14-18-9-5-2-6-10-18/h1-12,19-20H,13-16H2/t19-,20-/m0/s1. The molecule has 3 heterocycles. The summed E-state index contributed by atoms with van der Waals surface area (Å²) >= 11 is 1.63. The average Bonchev–Trinajstić information content (AvgIpc) is 3.50. The lowest BCUT2D eigenvalue weighted by Crippen LogP contribution is -2.09. The van der Waals surface area contributed by atoms with E-state index in [0.717, 1.165) is 34.4 Å². The smallest absolute Gasteiger partial charge is 0.226 e. The van der Waals surface area contributed by atoms with Crippen LogP contribution in [0, 0.1) is 0 Å². The number of benzene rings is 2. The fourth-order valence-electron chi connectivity index (χ4n) is 3.65. The lowest BCUT2D eigenvalue weighted by Gasteiger charge is -2.03. The van der Waals surface area contributed by atoms with E-state index in [2.05, 4.69) is 60.7 Å². The van der Waals surface area contributed by atoms with Gasteiger partial charge in [-0.2, -0.15) is 0 Å². The van der Waals surface area contributed by atoms with Crippen LogP contribution in [-0.2, 0) is 22.3 Å². The second-order valence-corrected chi connectivity index (χ2v) is 8.43. The second-order valence-electron chi connectivity index (χ2n) is 7.34. The molecule has 0 saturated heterocycles. The molecule has 0 spiro atoms. The molecule has 0 fully saturated rings. The highest BCUT2D eigenvalue weighted by Gasteiger charge is 2.25. The minimum Gasteiger partial charge on any atom is -0.475 e. The lowest BCUT2D eigenvalue weighted by molar-refractivity contribution is 0.317. The summed E-state index contributed by atoms with van der Waals surface area (Å²) in [4.78, 5) is 11.6. The summed E-state index contributed by atoms with van der Waals surface area (Å²) in [5.74, 6) is 1.48. The van der Waals surface area contributed by atoms with Crippen LogP contribution in [0.2, 0.25) is 0 Å². The van der Waals surface area contributed by atoms with Crippen molar-refractivity contribution in [3.8, 4) is 0 Å². The van der Waals surface area contributed by atoms with Crippen molar-refractivity contribution in [2.24, 2.45) is 9.98 Å². The van der Waals surface area contributed by atoms with Gasteiger partial charge in [0.05, 0.1) is 21.8 Å². The molecule has 2 aliphatic rings. The minimum absolute atomic E-state index is 0.174. The molecule has 0 N–H and O–H groups in total. The third kappa shape index (κ3) is 4.25. The van der Waals surface area contributed by atoms with E-state index in [4.69, 9.17) is 19.5 Å². The predicted molar refractivity (Wildman–Crippen MR) is 117 cm³/mol. The van der Waals surface area contributed by atoms with Crippen molar-refractivity contribution in [2.75, 3.05) is 13.2 Å². The molecule has 0 bridgehead atoms. The van der Waals surface area contributed by atoms with Gasteiger partial charge in [-0.25, -0.2) is 9.98 Å². The van der Waals surface area contributed by atoms with E-state index in [1.165, 1.54) is 11.1 Å². The zero-order valence-corrected chi connectivity index (χ0v) is 16.8. The van der Waals surface area contributed by atoms with Gasteiger partial charge in [0.2, 0.25) is 11.8 Å². The highest BCUT2D eigenvalue weighted by atomic mass is 32.1. The molecule has 0 saturated carbocycles. The van der Waals surface area contributed by atoms with Crippen LogP contribution in [0.25, 0.3) is 0 Å². The first-order chi connectivity index (χ1) is 14.3. The SMILES string of the molecule is c1ccc(C[C@H]2COC(c3ccc(C4=N[C@@H](Cc5ccccc5)CO4)s3)=N2)cc1. The molecule has 0 radical (unpaired) electrons. The monoisotopic (exact) mass is 402 g/mol. The van der Waals surface area contributed by atoms with Crippen LogP contribution in [0.1, 0.15) is 20.9 Å². The van der Waals surface area contributed by atoms with Crippen molar-refractivity contribution in [2.45, 2.75) is 24.9 Å². The fourth-order valence-corrected chi connectivity index (χ4v) is 4.56. The maximum absolute atomic E-state index is 5.88. The molecule has 0 aliphatic carbocycles. The molecule has 2 atom stereocenters. The molecule has 5 rings (SSSR count). The Hall–Kier alpha value is -2.92. The molecule has 5 heteroatoms. The molecule has 29 heavy (non-hydrogen) atoms. The third-order valence-electron chi connectivity index (χ3n) is 5.08. The zero-order chi connectivity index (χ0) is 19.5. The highest BCUT2D eigenvalue weighted by molar-refractivity contribution is 7.16. The van der Waals surface area contributed by atoms with Gasteiger partial charge in [0, 0.05) is 0 Å². The molecule has 4 nitrogen and oxygen atoms in total. The number of hydrogen-bond donors (Lipinski definition) is 0. The number of thiophene rings is 1. The Labute approximate surface area is 174 Å². The van der Waals surface area contributed by atoms with E-state index in [9.17, 15) is 0 Å². The number of aliphatic imine (C=N–C) groups is 2. The predicted octanol–water partition coefficient (Wildman–Crippen LogP) is 4.52. The average molecular weight is 403 g/mol. The molecule has 3 aromatic rings. The Bertz CT molecular complexity index is 945. The van der Waals surface area contributed by atoms with Gasteiger partial charge in [-0.15, -0.1) is 11.3 Å². The first kappa shape index (κ1) is 18.1. The molecular weight excluding hydrogens is 380 g/mol. The summed E-state index contributed by atoms with van der Waals surface area (Å²) in [6.45, 7) is 1.27. The van der Waals surface area contributed by atoms with Gasteiger partial charge in [0.15, 0.2) is 0 Å². The maximum atomic E-state index is 5.88. The number of hydrogen-bond acceptors (Lipinski definition) is 5. The minimum atomic E-state index is 0.174. The molecule has 2 aliphatic heterocycles. The maximum Gasteiger partial charge on any atom is 0.226 e. The van der Waals surface area contributed by atoms with Crippen molar-refractivity contribution < 1.29 is 9.47 Å². The summed E-state index contributed by atoms with van der Waals surface area (Å²) in [6.07, 6.45) is 1.80. The van der Waals surface area contributed by atoms with Crippen LogP contribution in [-0.4, -0.2) is 37.1 Å². The van der Waals surface area contributed by atoms with Crippen LogP contribution in [0.5, 0.6) is 0 Å². The first-order valence-electron chi connectivity index (χ1n) is 9.93. The number of nitrogens with zero attached hydrogens (tertiary/aromatic N) is 2. The van der Waals surface area contributed by atoms with Gasteiger partial charge in [-0.05, 0) is 36.1 Å². The molecule has 0 unspecified atom stereocenters. The van der Waals surface area contributed by atoms with E-state index in [-0.39, 0.29) is 12.1 Å². The van der Waals surface area contributed by atoms with Gasteiger partial charge in [0.25, 0.3) is 0 Å². The van der Waals surface area contributed by atoms with E-state index < -0.39 is 0 Å². The summed E-state index contributed by atoms with van der Waals surface area (Å²) < 4.78 is 11.8. The fraction of sp³-hybridized carbons (Fsp3) is 0.250. The third-order valence-corrected chi connectivity index (χ3v) is 6.14. The van der Waals surface area contributed by atoms with Crippen LogP contribution in [0.15, 0.2) is 82.8 Å². The molecule has 0 amide bonds. The van der Waals surface area contributed by atoms with Crippen molar-refractivity contribution in [3.05, 3.63) is 93.7 Å². The number of rotatable bonds is 6. The van der Waals surface area contributed by atoms with E-state index in [0.29, 0.717) is 13.2 Å². The van der Waals surface area contributed by atoms with Gasteiger partial charge in [0.1, 0.15) is 13.2 Å².